The van der Waals surface area contributed by atoms with Crippen LogP contribution in [-0.2, 0) is 12.8 Å². The van der Waals surface area contributed by atoms with Gasteiger partial charge in [0, 0.05) is 11.1 Å². The summed E-state index contributed by atoms with van der Waals surface area (Å²) in [7, 11) is 0. The molecule has 0 aliphatic heterocycles. The molecule has 0 radical (unpaired) electrons. The van der Waals surface area contributed by atoms with Gasteiger partial charge in [0.25, 0.3) is 0 Å². The van der Waals surface area contributed by atoms with E-state index in [1.807, 2.05) is 19.9 Å². The molecule has 0 bridgehead atoms. The second kappa shape index (κ2) is 4.89. The average molecular weight is 269 g/mol. The van der Waals surface area contributed by atoms with E-state index < -0.39 is 5.97 Å². The van der Waals surface area contributed by atoms with Gasteiger partial charge in [-0.05, 0) is 56.7 Å². The van der Waals surface area contributed by atoms with Crippen LogP contribution in [0.1, 0.15) is 52.0 Å². The van der Waals surface area contributed by atoms with Crippen molar-refractivity contribution in [3.63, 3.8) is 0 Å². The molecule has 1 aliphatic carbocycles. The number of nitrogens with zero attached hydrogens (tertiary/aromatic N) is 1. The predicted octanol–water partition coefficient (Wildman–Crippen LogP) is 3.82. The first kappa shape index (κ1) is 13.1. The quantitative estimate of drug-likeness (QED) is 0.801. The van der Waals surface area contributed by atoms with Crippen LogP contribution in [0.25, 0.3) is 10.9 Å². The Morgan fingerprint density at radius 1 is 1.15 bits per heavy atom. The number of aromatic carboxylic acids is 1. The number of pyridine rings is 1. The van der Waals surface area contributed by atoms with Gasteiger partial charge in [-0.25, -0.2) is 4.79 Å². The van der Waals surface area contributed by atoms with Crippen LogP contribution in [0.15, 0.2) is 12.1 Å². The summed E-state index contributed by atoms with van der Waals surface area (Å²) in [6.45, 7) is 4.01. The van der Waals surface area contributed by atoms with Gasteiger partial charge in [-0.2, -0.15) is 0 Å². The Morgan fingerprint density at radius 3 is 2.65 bits per heavy atom. The van der Waals surface area contributed by atoms with E-state index in [0.29, 0.717) is 5.56 Å². The Hall–Kier alpha value is -1.90. The van der Waals surface area contributed by atoms with Crippen LogP contribution in [0.3, 0.4) is 0 Å². The summed E-state index contributed by atoms with van der Waals surface area (Å²) in [4.78, 5) is 16.6. The van der Waals surface area contributed by atoms with Crippen LogP contribution in [0.5, 0.6) is 0 Å². The third kappa shape index (κ3) is 2.07. The lowest BCUT2D eigenvalue weighted by Gasteiger charge is -2.14. The fourth-order valence-corrected chi connectivity index (χ4v) is 3.30. The maximum atomic E-state index is 11.8. The zero-order valence-corrected chi connectivity index (χ0v) is 12.0. The molecule has 1 aromatic heterocycles. The Balaban J connectivity index is 2.42. The van der Waals surface area contributed by atoms with Crippen molar-refractivity contribution in [3.05, 3.63) is 40.1 Å². The second-order valence-electron chi connectivity index (χ2n) is 5.76. The number of carboxylic acids is 1. The lowest BCUT2D eigenvalue weighted by Crippen LogP contribution is -2.09. The molecule has 1 heterocycles. The minimum atomic E-state index is -0.819. The molecule has 2 aromatic rings. The molecule has 20 heavy (non-hydrogen) atoms. The highest BCUT2D eigenvalue weighted by Crippen LogP contribution is 2.30. The van der Waals surface area contributed by atoms with Crippen molar-refractivity contribution in [3.8, 4) is 0 Å². The number of aryl methyl sites for hydroxylation is 3. The second-order valence-corrected chi connectivity index (χ2v) is 5.76. The molecule has 3 nitrogen and oxygen atoms in total. The van der Waals surface area contributed by atoms with E-state index in [0.717, 1.165) is 65.4 Å². The molecular weight excluding hydrogens is 250 g/mol. The van der Waals surface area contributed by atoms with E-state index >= 15 is 0 Å². The largest absolute Gasteiger partial charge is 0.478 e. The van der Waals surface area contributed by atoms with E-state index in [4.69, 9.17) is 4.98 Å². The summed E-state index contributed by atoms with van der Waals surface area (Å²) in [5, 5.41) is 10.5. The first-order valence-electron chi connectivity index (χ1n) is 7.24. The van der Waals surface area contributed by atoms with Crippen LogP contribution in [-0.4, -0.2) is 16.1 Å². The van der Waals surface area contributed by atoms with Gasteiger partial charge in [-0.3, -0.25) is 4.98 Å². The van der Waals surface area contributed by atoms with Crippen molar-refractivity contribution >= 4 is 16.9 Å². The summed E-state index contributed by atoms with van der Waals surface area (Å²) in [5.41, 5.74) is 5.46. The lowest BCUT2D eigenvalue weighted by atomic mass is 9.94. The highest BCUT2D eigenvalue weighted by molar-refractivity contribution is 6.05. The minimum Gasteiger partial charge on any atom is -0.478 e. The van der Waals surface area contributed by atoms with Gasteiger partial charge < -0.3 is 5.11 Å². The molecule has 0 fully saturated rings. The smallest absolute Gasteiger partial charge is 0.336 e. The van der Waals surface area contributed by atoms with E-state index in [1.54, 1.807) is 0 Å². The van der Waals surface area contributed by atoms with Crippen LogP contribution in [0.2, 0.25) is 0 Å². The molecule has 0 atom stereocenters. The fraction of sp³-hybridized carbons (Fsp3) is 0.412. The third-order valence-electron chi connectivity index (χ3n) is 4.17. The van der Waals surface area contributed by atoms with Crippen LogP contribution < -0.4 is 0 Å². The molecule has 0 unspecified atom stereocenters. The number of carboxylic acid groups (broad SMARTS) is 1. The monoisotopic (exact) mass is 269 g/mol. The standard InChI is InChI=1S/C17H19NO2/c1-10-8-11(2)16-13(9-10)15(17(19)20)12-6-4-3-5-7-14(12)18-16/h8-9H,3-7H2,1-2H3,(H,19,20). The first-order valence-corrected chi connectivity index (χ1v) is 7.24. The molecule has 3 heteroatoms. The Bertz CT molecular complexity index is 704. The van der Waals surface area contributed by atoms with Crippen molar-refractivity contribution in [2.45, 2.75) is 46.0 Å². The zero-order chi connectivity index (χ0) is 14.3. The Kier molecular flexibility index (Phi) is 3.20. The van der Waals surface area contributed by atoms with E-state index in [2.05, 4.69) is 6.07 Å². The molecule has 0 spiro atoms. The SMILES string of the molecule is Cc1cc(C)c2nc3c(c(C(=O)O)c2c1)CCCCC3. The highest BCUT2D eigenvalue weighted by atomic mass is 16.4. The van der Waals surface area contributed by atoms with Crippen molar-refractivity contribution in [2.24, 2.45) is 0 Å². The summed E-state index contributed by atoms with van der Waals surface area (Å²) >= 11 is 0. The molecule has 3 rings (SSSR count). The molecule has 1 aromatic carbocycles. The van der Waals surface area contributed by atoms with Gasteiger partial charge in [0.2, 0.25) is 0 Å². The van der Waals surface area contributed by atoms with Crippen LogP contribution in [0, 0.1) is 13.8 Å². The van der Waals surface area contributed by atoms with Gasteiger partial charge >= 0.3 is 5.97 Å². The van der Waals surface area contributed by atoms with Crippen molar-refractivity contribution in [2.75, 3.05) is 0 Å². The normalized spacial score (nSPS) is 14.9. The highest BCUT2D eigenvalue weighted by Gasteiger charge is 2.22. The molecule has 0 saturated carbocycles. The first-order chi connectivity index (χ1) is 9.58. The third-order valence-corrected chi connectivity index (χ3v) is 4.17. The van der Waals surface area contributed by atoms with Gasteiger partial charge in [0.15, 0.2) is 0 Å². The molecule has 1 aliphatic rings. The average Bonchev–Trinajstić information content (AvgIpc) is 2.60. The number of fused-ring (bicyclic) bond motifs is 2. The Morgan fingerprint density at radius 2 is 1.90 bits per heavy atom. The zero-order valence-electron chi connectivity index (χ0n) is 12.0. The van der Waals surface area contributed by atoms with Crippen LogP contribution in [0.4, 0.5) is 0 Å². The van der Waals surface area contributed by atoms with E-state index in [-0.39, 0.29) is 0 Å². The molecule has 0 amide bonds. The minimum absolute atomic E-state index is 0.485. The maximum absolute atomic E-state index is 11.8. The number of benzene rings is 1. The molecule has 1 N–H and O–H groups in total. The van der Waals surface area contributed by atoms with Gasteiger partial charge in [0.1, 0.15) is 0 Å². The van der Waals surface area contributed by atoms with Crippen LogP contribution >= 0.6 is 0 Å². The van der Waals surface area contributed by atoms with E-state index in [1.165, 1.54) is 0 Å². The topological polar surface area (TPSA) is 50.2 Å². The predicted molar refractivity (Wildman–Crippen MR) is 79.4 cm³/mol. The molecular formula is C17H19NO2. The summed E-state index contributed by atoms with van der Waals surface area (Å²) < 4.78 is 0. The van der Waals surface area contributed by atoms with E-state index in [9.17, 15) is 9.90 Å². The number of hydrogen-bond acceptors (Lipinski definition) is 2. The molecule has 104 valence electrons. The number of hydrogen-bond donors (Lipinski definition) is 1. The number of rotatable bonds is 1. The van der Waals surface area contributed by atoms with Crippen molar-refractivity contribution in [1.82, 2.24) is 4.98 Å². The van der Waals surface area contributed by atoms with Gasteiger partial charge in [-0.15, -0.1) is 0 Å². The van der Waals surface area contributed by atoms with Gasteiger partial charge in [-0.1, -0.05) is 18.1 Å². The van der Waals surface area contributed by atoms with Crippen molar-refractivity contribution < 1.29 is 9.90 Å². The number of carbonyl (C=O) groups is 1. The summed E-state index contributed by atoms with van der Waals surface area (Å²) in [6, 6.07) is 4.04. The Labute approximate surface area is 118 Å². The summed E-state index contributed by atoms with van der Waals surface area (Å²) in [6.07, 6.45) is 5.07. The maximum Gasteiger partial charge on any atom is 0.336 e. The lowest BCUT2D eigenvalue weighted by molar-refractivity contribution is 0.0697. The fourth-order valence-electron chi connectivity index (χ4n) is 3.30. The number of aromatic nitrogens is 1. The summed E-state index contributed by atoms with van der Waals surface area (Å²) in [5.74, 6) is -0.819. The van der Waals surface area contributed by atoms with Crippen molar-refractivity contribution in [1.29, 1.82) is 0 Å². The van der Waals surface area contributed by atoms with Gasteiger partial charge in [0.05, 0.1) is 11.1 Å². The molecule has 0 saturated heterocycles.